The summed E-state index contributed by atoms with van der Waals surface area (Å²) in [6.07, 6.45) is 2.38. The van der Waals surface area contributed by atoms with Gasteiger partial charge in [0.05, 0.1) is 12.2 Å². The van der Waals surface area contributed by atoms with Crippen molar-refractivity contribution in [3.05, 3.63) is 16.1 Å². The molecule has 0 saturated carbocycles. The van der Waals surface area contributed by atoms with Crippen LogP contribution in [0.25, 0.3) is 0 Å². The fourth-order valence-electron chi connectivity index (χ4n) is 3.17. The van der Waals surface area contributed by atoms with Gasteiger partial charge in [0.2, 0.25) is 0 Å². The Morgan fingerprint density at radius 1 is 1.36 bits per heavy atom. The van der Waals surface area contributed by atoms with E-state index in [0.29, 0.717) is 0 Å². The molecule has 2 rings (SSSR count). The molecule has 7 nitrogen and oxygen atoms in total. The van der Waals surface area contributed by atoms with Gasteiger partial charge < -0.3 is 24.8 Å². The summed E-state index contributed by atoms with van der Waals surface area (Å²) in [6.45, 7) is 12.6. The van der Waals surface area contributed by atoms with Crippen LogP contribution >= 0.6 is 11.3 Å². The van der Waals surface area contributed by atoms with Gasteiger partial charge in [-0.3, -0.25) is 4.99 Å². The summed E-state index contributed by atoms with van der Waals surface area (Å²) < 4.78 is 5.36. The standard InChI is InChI=1S/C20H38N6OS/c1-6-21-20(22-9-7-8-10-26-13-11-24(3)12-14-26)25(4)15-18-16-28-19(23-18)17(2)27-5/h16-17H,6-15H2,1-5H3,(H,21,22). The summed E-state index contributed by atoms with van der Waals surface area (Å²) in [6, 6.07) is 0. The number of methoxy groups -OCH3 is 1. The minimum absolute atomic E-state index is 0.0475. The molecule has 1 saturated heterocycles. The molecule has 0 amide bonds. The van der Waals surface area contributed by atoms with Crippen molar-refractivity contribution in [2.45, 2.75) is 39.3 Å². The SMILES string of the molecule is CCNC(=NCCCCN1CCN(C)CC1)N(C)Cc1csc(C(C)OC)n1. The summed E-state index contributed by atoms with van der Waals surface area (Å²) >= 11 is 1.66. The second-order valence-electron chi connectivity index (χ2n) is 7.50. The van der Waals surface area contributed by atoms with Crippen molar-refractivity contribution in [1.82, 2.24) is 25.0 Å². The first kappa shape index (κ1) is 23.1. The van der Waals surface area contributed by atoms with Crippen LogP contribution in [0.3, 0.4) is 0 Å². The fourth-order valence-corrected chi connectivity index (χ4v) is 4.02. The Morgan fingerprint density at radius 3 is 2.79 bits per heavy atom. The van der Waals surface area contributed by atoms with Crippen molar-refractivity contribution < 1.29 is 4.74 Å². The number of rotatable bonds is 10. The van der Waals surface area contributed by atoms with E-state index in [9.17, 15) is 0 Å². The minimum atomic E-state index is 0.0475. The summed E-state index contributed by atoms with van der Waals surface area (Å²) in [5.41, 5.74) is 1.06. The molecule has 1 aliphatic heterocycles. The van der Waals surface area contributed by atoms with Crippen molar-refractivity contribution >= 4 is 17.3 Å². The molecule has 1 atom stereocenters. The molecule has 0 aliphatic carbocycles. The van der Waals surface area contributed by atoms with Crippen molar-refractivity contribution in [3.63, 3.8) is 0 Å². The zero-order valence-corrected chi connectivity index (χ0v) is 19.1. The molecule has 1 unspecified atom stereocenters. The van der Waals surface area contributed by atoms with E-state index in [4.69, 9.17) is 14.7 Å². The molecule has 1 N–H and O–H groups in total. The predicted molar refractivity (Wildman–Crippen MR) is 118 cm³/mol. The maximum absolute atomic E-state index is 5.36. The number of nitrogens with zero attached hydrogens (tertiary/aromatic N) is 5. The number of aromatic nitrogens is 1. The van der Waals surface area contributed by atoms with Gasteiger partial charge in [0.25, 0.3) is 0 Å². The molecule has 8 heteroatoms. The quantitative estimate of drug-likeness (QED) is 0.363. The van der Waals surface area contributed by atoms with Crippen molar-refractivity contribution in [3.8, 4) is 0 Å². The molecule has 1 fully saturated rings. The molecular weight excluding hydrogens is 372 g/mol. The van der Waals surface area contributed by atoms with Gasteiger partial charge in [0.1, 0.15) is 11.1 Å². The van der Waals surface area contributed by atoms with Crippen molar-refractivity contribution in [2.75, 3.05) is 67.0 Å². The van der Waals surface area contributed by atoms with Gasteiger partial charge in [-0.1, -0.05) is 0 Å². The van der Waals surface area contributed by atoms with Gasteiger partial charge in [0, 0.05) is 58.8 Å². The fraction of sp³-hybridized carbons (Fsp3) is 0.800. The average Bonchev–Trinajstić information content (AvgIpc) is 3.16. The summed E-state index contributed by atoms with van der Waals surface area (Å²) in [5, 5.41) is 6.54. The molecule has 1 aliphatic rings. The summed E-state index contributed by atoms with van der Waals surface area (Å²) in [5.74, 6) is 0.955. The zero-order valence-electron chi connectivity index (χ0n) is 18.3. The van der Waals surface area contributed by atoms with Crippen LogP contribution < -0.4 is 5.32 Å². The molecule has 0 aromatic carbocycles. The van der Waals surface area contributed by atoms with E-state index in [1.165, 1.54) is 39.1 Å². The van der Waals surface area contributed by atoms with Crippen molar-refractivity contribution in [1.29, 1.82) is 0 Å². The van der Waals surface area contributed by atoms with E-state index in [2.05, 4.69) is 46.4 Å². The predicted octanol–water partition coefficient (Wildman–Crippen LogP) is 2.28. The summed E-state index contributed by atoms with van der Waals surface area (Å²) in [4.78, 5) is 16.6. The Kier molecular flexibility index (Phi) is 10.2. The highest BCUT2D eigenvalue weighted by Gasteiger charge is 2.14. The zero-order chi connectivity index (χ0) is 20.4. The molecule has 1 aromatic rings. The Labute approximate surface area is 174 Å². The lowest BCUT2D eigenvalue weighted by atomic mass is 10.2. The van der Waals surface area contributed by atoms with Crippen LogP contribution in [0.2, 0.25) is 0 Å². The van der Waals surface area contributed by atoms with E-state index in [0.717, 1.165) is 42.7 Å². The number of likely N-dealkylation sites (N-methyl/N-ethyl adjacent to an activating group) is 1. The third-order valence-electron chi connectivity index (χ3n) is 5.11. The van der Waals surface area contributed by atoms with Crippen LogP contribution in [0, 0.1) is 0 Å². The van der Waals surface area contributed by atoms with Gasteiger partial charge >= 0.3 is 0 Å². The first-order valence-electron chi connectivity index (χ1n) is 10.4. The van der Waals surface area contributed by atoms with Gasteiger partial charge in [-0.25, -0.2) is 4.98 Å². The van der Waals surface area contributed by atoms with Gasteiger partial charge in [0.15, 0.2) is 5.96 Å². The van der Waals surface area contributed by atoms with E-state index in [1.807, 2.05) is 6.92 Å². The van der Waals surface area contributed by atoms with Gasteiger partial charge in [-0.15, -0.1) is 11.3 Å². The highest BCUT2D eigenvalue weighted by atomic mass is 32.1. The lowest BCUT2D eigenvalue weighted by molar-refractivity contribution is 0.119. The molecule has 0 spiro atoms. The summed E-state index contributed by atoms with van der Waals surface area (Å²) in [7, 11) is 6.00. The van der Waals surface area contributed by atoms with Crippen LogP contribution in [0.1, 0.15) is 43.5 Å². The maximum Gasteiger partial charge on any atom is 0.194 e. The third-order valence-corrected chi connectivity index (χ3v) is 6.16. The third kappa shape index (κ3) is 7.66. The molecule has 160 valence electrons. The van der Waals surface area contributed by atoms with E-state index < -0.39 is 0 Å². The number of unbranched alkanes of at least 4 members (excludes halogenated alkanes) is 1. The Balaban J connectivity index is 1.76. The van der Waals surface area contributed by atoms with Crippen LogP contribution in [0.5, 0.6) is 0 Å². The first-order valence-corrected chi connectivity index (χ1v) is 11.3. The molecule has 0 bridgehead atoms. The number of guanidine groups is 1. The number of hydrogen-bond acceptors (Lipinski definition) is 6. The second kappa shape index (κ2) is 12.4. The molecule has 0 radical (unpaired) electrons. The monoisotopic (exact) mass is 410 g/mol. The highest BCUT2D eigenvalue weighted by Crippen LogP contribution is 2.20. The lowest BCUT2D eigenvalue weighted by Crippen LogP contribution is -2.44. The Morgan fingerprint density at radius 2 is 2.11 bits per heavy atom. The highest BCUT2D eigenvalue weighted by molar-refractivity contribution is 7.09. The molecule has 1 aromatic heterocycles. The van der Waals surface area contributed by atoms with Crippen LogP contribution in [0.15, 0.2) is 10.4 Å². The lowest BCUT2D eigenvalue weighted by Gasteiger charge is -2.32. The van der Waals surface area contributed by atoms with Crippen LogP contribution in [-0.2, 0) is 11.3 Å². The Hall–Kier alpha value is -1.22. The second-order valence-corrected chi connectivity index (χ2v) is 8.39. The van der Waals surface area contributed by atoms with E-state index >= 15 is 0 Å². The topological polar surface area (TPSA) is 56.2 Å². The minimum Gasteiger partial charge on any atom is -0.375 e. The van der Waals surface area contributed by atoms with E-state index in [-0.39, 0.29) is 6.10 Å². The molecular formula is C20H38N6OS. The number of aliphatic imine (C=N–C) groups is 1. The first-order chi connectivity index (χ1) is 13.5. The molecule has 28 heavy (non-hydrogen) atoms. The normalized spacial score (nSPS) is 17.7. The number of piperazine rings is 1. The maximum atomic E-state index is 5.36. The number of hydrogen-bond donors (Lipinski definition) is 1. The van der Waals surface area contributed by atoms with Gasteiger partial charge in [-0.2, -0.15) is 0 Å². The largest absolute Gasteiger partial charge is 0.375 e. The van der Waals surface area contributed by atoms with Crippen molar-refractivity contribution in [2.24, 2.45) is 4.99 Å². The number of thiazole rings is 1. The molecule has 2 heterocycles. The van der Waals surface area contributed by atoms with Gasteiger partial charge in [-0.05, 0) is 40.3 Å². The smallest absolute Gasteiger partial charge is 0.194 e. The number of nitrogens with one attached hydrogen (secondary N) is 1. The average molecular weight is 411 g/mol. The van der Waals surface area contributed by atoms with Crippen LogP contribution in [0.4, 0.5) is 0 Å². The Bertz CT molecular complexity index is 585. The van der Waals surface area contributed by atoms with Crippen LogP contribution in [-0.4, -0.2) is 92.7 Å². The number of ether oxygens (including phenoxy) is 1. The van der Waals surface area contributed by atoms with E-state index in [1.54, 1.807) is 18.4 Å².